The highest BCUT2D eigenvalue weighted by Crippen LogP contribution is 2.33. The topological polar surface area (TPSA) is 87.2 Å². The van der Waals surface area contributed by atoms with Crippen molar-refractivity contribution in [3.05, 3.63) is 65.9 Å². The van der Waals surface area contributed by atoms with Gasteiger partial charge >= 0.3 is 6.18 Å². The third kappa shape index (κ3) is 4.52. The Kier molecular flexibility index (Phi) is 5.18. The van der Waals surface area contributed by atoms with E-state index in [0.29, 0.717) is 22.6 Å². The molecule has 0 fully saturated rings. The monoisotopic (exact) mass is 411 g/mol. The molecule has 3 aromatic rings. The van der Waals surface area contributed by atoms with Gasteiger partial charge in [0.2, 0.25) is 10.0 Å². The standard InChI is InChI=1S/C18H16F3N3O3S/c1-27-15-8-6-14(7-9-15)24-16(10-17(23-24)18(19,20)21)13-4-2-12(3-5-13)11-28(22,25)26/h2-10H,11H2,1H3,(H2,22,25,26). The van der Waals surface area contributed by atoms with Gasteiger partial charge in [0.25, 0.3) is 0 Å². The molecule has 0 aliphatic rings. The second kappa shape index (κ2) is 7.28. The molecule has 0 saturated carbocycles. The van der Waals surface area contributed by atoms with Gasteiger partial charge in [-0.2, -0.15) is 18.3 Å². The Labute approximate surface area is 159 Å². The maximum Gasteiger partial charge on any atom is 0.435 e. The molecule has 3 rings (SSSR count). The minimum atomic E-state index is -4.61. The van der Waals surface area contributed by atoms with E-state index in [2.05, 4.69) is 5.10 Å². The zero-order valence-electron chi connectivity index (χ0n) is 14.6. The van der Waals surface area contributed by atoms with Crippen molar-refractivity contribution in [3.8, 4) is 22.7 Å². The molecule has 2 N–H and O–H groups in total. The van der Waals surface area contributed by atoms with Crippen LogP contribution in [-0.2, 0) is 22.0 Å². The lowest BCUT2D eigenvalue weighted by molar-refractivity contribution is -0.141. The summed E-state index contributed by atoms with van der Waals surface area (Å²) in [5.74, 6) is 0.194. The quantitative estimate of drug-likeness (QED) is 0.698. The molecule has 10 heteroatoms. The fraction of sp³-hybridized carbons (Fsp3) is 0.167. The average Bonchev–Trinajstić information content (AvgIpc) is 3.07. The summed E-state index contributed by atoms with van der Waals surface area (Å²) in [7, 11) is -2.22. The number of hydrogen-bond donors (Lipinski definition) is 1. The van der Waals surface area contributed by atoms with E-state index in [1.54, 1.807) is 24.3 Å². The van der Waals surface area contributed by atoms with E-state index in [-0.39, 0.29) is 11.4 Å². The summed E-state index contributed by atoms with van der Waals surface area (Å²) >= 11 is 0. The number of alkyl halides is 3. The molecule has 0 unspecified atom stereocenters. The molecule has 0 spiro atoms. The van der Waals surface area contributed by atoms with Gasteiger partial charge < -0.3 is 4.74 Å². The fourth-order valence-corrected chi connectivity index (χ4v) is 3.31. The van der Waals surface area contributed by atoms with Crippen molar-refractivity contribution in [1.29, 1.82) is 0 Å². The van der Waals surface area contributed by atoms with Gasteiger partial charge in [0.1, 0.15) is 5.75 Å². The largest absolute Gasteiger partial charge is 0.497 e. The van der Waals surface area contributed by atoms with E-state index in [4.69, 9.17) is 9.88 Å². The van der Waals surface area contributed by atoms with Crippen molar-refractivity contribution in [1.82, 2.24) is 9.78 Å². The molecule has 1 aromatic heterocycles. The summed E-state index contributed by atoms with van der Waals surface area (Å²) in [5.41, 5.74) is 0.460. The lowest BCUT2D eigenvalue weighted by Gasteiger charge is -2.09. The third-order valence-corrected chi connectivity index (χ3v) is 4.67. The highest BCUT2D eigenvalue weighted by atomic mass is 32.2. The first kappa shape index (κ1) is 19.9. The summed E-state index contributed by atoms with van der Waals surface area (Å²) < 4.78 is 68.2. The molecule has 28 heavy (non-hydrogen) atoms. The average molecular weight is 411 g/mol. The molecule has 1 heterocycles. The number of rotatable bonds is 5. The Morgan fingerprint density at radius 1 is 1.07 bits per heavy atom. The van der Waals surface area contributed by atoms with Crippen LogP contribution in [0.3, 0.4) is 0 Å². The Hall–Kier alpha value is -2.85. The van der Waals surface area contributed by atoms with Crippen LogP contribution in [0.25, 0.3) is 16.9 Å². The molecule has 0 aliphatic heterocycles. The van der Waals surface area contributed by atoms with Crippen molar-refractivity contribution in [2.45, 2.75) is 11.9 Å². The lowest BCUT2D eigenvalue weighted by atomic mass is 10.1. The van der Waals surface area contributed by atoms with Crippen LogP contribution >= 0.6 is 0 Å². The smallest absolute Gasteiger partial charge is 0.435 e. The lowest BCUT2D eigenvalue weighted by Crippen LogP contribution is -2.14. The molecular formula is C18H16F3N3O3S. The molecule has 0 amide bonds. The zero-order chi connectivity index (χ0) is 20.5. The molecule has 2 aromatic carbocycles. The van der Waals surface area contributed by atoms with Crippen LogP contribution in [0.5, 0.6) is 5.75 Å². The Morgan fingerprint density at radius 2 is 1.68 bits per heavy atom. The van der Waals surface area contributed by atoms with Crippen LogP contribution in [-0.4, -0.2) is 25.3 Å². The predicted molar refractivity (Wildman–Crippen MR) is 97.4 cm³/mol. The van der Waals surface area contributed by atoms with Gasteiger partial charge in [-0.25, -0.2) is 18.2 Å². The Balaban J connectivity index is 2.07. The van der Waals surface area contributed by atoms with Crippen LogP contribution in [0, 0.1) is 0 Å². The van der Waals surface area contributed by atoms with Crippen molar-refractivity contribution < 1.29 is 26.3 Å². The van der Waals surface area contributed by atoms with Gasteiger partial charge in [0.05, 0.1) is 24.2 Å². The summed E-state index contributed by atoms with van der Waals surface area (Å²) in [4.78, 5) is 0. The number of sulfonamides is 1. The second-order valence-electron chi connectivity index (χ2n) is 6.03. The number of halogens is 3. The van der Waals surface area contributed by atoms with Gasteiger partial charge in [-0.1, -0.05) is 24.3 Å². The maximum absolute atomic E-state index is 13.2. The number of nitrogens with zero attached hydrogens (tertiary/aromatic N) is 2. The number of primary sulfonamides is 1. The first-order chi connectivity index (χ1) is 13.1. The normalized spacial score (nSPS) is 12.2. The van der Waals surface area contributed by atoms with Gasteiger partial charge in [-0.3, -0.25) is 0 Å². The van der Waals surface area contributed by atoms with Gasteiger partial charge in [-0.05, 0) is 35.9 Å². The van der Waals surface area contributed by atoms with Gasteiger partial charge in [-0.15, -0.1) is 0 Å². The molecule has 0 atom stereocenters. The zero-order valence-corrected chi connectivity index (χ0v) is 15.5. The van der Waals surface area contributed by atoms with Crippen LogP contribution in [0.1, 0.15) is 11.3 Å². The summed E-state index contributed by atoms with van der Waals surface area (Å²) in [6, 6.07) is 13.4. The number of nitrogens with two attached hydrogens (primary N) is 1. The third-order valence-electron chi connectivity index (χ3n) is 3.93. The summed E-state index contributed by atoms with van der Waals surface area (Å²) in [6.07, 6.45) is -4.61. The first-order valence-corrected chi connectivity index (χ1v) is 9.70. The predicted octanol–water partition coefficient (Wildman–Crippen LogP) is 3.36. The second-order valence-corrected chi connectivity index (χ2v) is 7.64. The van der Waals surface area contributed by atoms with E-state index >= 15 is 0 Å². The maximum atomic E-state index is 13.2. The van der Waals surface area contributed by atoms with E-state index < -0.39 is 21.9 Å². The van der Waals surface area contributed by atoms with Crippen molar-refractivity contribution in [2.75, 3.05) is 7.11 Å². The van der Waals surface area contributed by atoms with Crippen LogP contribution in [0.2, 0.25) is 0 Å². The molecule has 0 radical (unpaired) electrons. The van der Waals surface area contributed by atoms with Crippen molar-refractivity contribution in [3.63, 3.8) is 0 Å². The molecule has 0 aliphatic carbocycles. The highest BCUT2D eigenvalue weighted by molar-refractivity contribution is 7.88. The van der Waals surface area contributed by atoms with Crippen LogP contribution in [0.15, 0.2) is 54.6 Å². The van der Waals surface area contributed by atoms with E-state index in [0.717, 1.165) is 6.07 Å². The number of benzene rings is 2. The Morgan fingerprint density at radius 3 is 2.18 bits per heavy atom. The van der Waals surface area contributed by atoms with Crippen molar-refractivity contribution in [2.24, 2.45) is 5.14 Å². The minimum absolute atomic E-state index is 0.208. The number of aromatic nitrogens is 2. The van der Waals surface area contributed by atoms with Gasteiger partial charge in [0.15, 0.2) is 5.69 Å². The van der Waals surface area contributed by atoms with Crippen LogP contribution in [0.4, 0.5) is 13.2 Å². The molecule has 148 valence electrons. The SMILES string of the molecule is COc1ccc(-n2nc(C(F)(F)F)cc2-c2ccc(CS(N)(=O)=O)cc2)cc1. The van der Waals surface area contributed by atoms with Gasteiger partial charge in [0, 0.05) is 5.56 Å². The van der Waals surface area contributed by atoms with E-state index in [1.807, 2.05) is 0 Å². The summed E-state index contributed by atoms with van der Waals surface area (Å²) in [6.45, 7) is 0. The summed E-state index contributed by atoms with van der Waals surface area (Å²) in [5, 5.41) is 8.71. The molecule has 0 saturated heterocycles. The van der Waals surface area contributed by atoms with E-state index in [1.165, 1.54) is 36.1 Å². The van der Waals surface area contributed by atoms with E-state index in [9.17, 15) is 21.6 Å². The Bertz CT molecular complexity index is 1070. The first-order valence-electron chi connectivity index (χ1n) is 7.98. The highest BCUT2D eigenvalue weighted by Gasteiger charge is 2.35. The molecular weight excluding hydrogens is 395 g/mol. The minimum Gasteiger partial charge on any atom is -0.497 e. The fourth-order valence-electron chi connectivity index (χ4n) is 2.65. The molecule has 0 bridgehead atoms. The number of methoxy groups -OCH3 is 1. The van der Waals surface area contributed by atoms with Crippen LogP contribution < -0.4 is 9.88 Å². The number of hydrogen-bond acceptors (Lipinski definition) is 4. The number of ether oxygens (including phenoxy) is 1. The van der Waals surface area contributed by atoms with Crippen molar-refractivity contribution >= 4 is 10.0 Å². The molecule has 6 nitrogen and oxygen atoms in total.